The molecule has 0 aliphatic carbocycles. The molecule has 1 fully saturated rings. The fourth-order valence-corrected chi connectivity index (χ4v) is 3.69. The molecule has 6 nitrogen and oxygen atoms in total. The van der Waals surface area contributed by atoms with Crippen LogP contribution in [0.15, 0.2) is 29.2 Å². The van der Waals surface area contributed by atoms with E-state index < -0.39 is 19.2 Å². The predicted octanol–water partition coefficient (Wildman–Crippen LogP) is 2.07. The Hall–Kier alpha value is -1.18. The van der Waals surface area contributed by atoms with Crippen LogP contribution in [0.25, 0.3) is 0 Å². The highest BCUT2D eigenvalue weighted by Crippen LogP contribution is 2.39. The molecule has 1 atom stereocenters. The second kappa shape index (κ2) is 4.49. The molecule has 0 aromatic heterocycles. The van der Waals surface area contributed by atoms with Crippen molar-refractivity contribution in [2.75, 3.05) is 6.61 Å². The topological polar surface area (TPSA) is 86.5 Å². The van der Waals surface area contributed by atoms with E-state index in [2.05, 4.69) is 0 Å². The van der Waals surface area contributed by atoms with Gasteiger partial charge in [-0.25, -0.2) is 8.42 Å². The van der Waals surface area contributed by atoms with Gasteiger partial charge in [0, 0.05) is 18.6 Å². The van der Waals surface area contributed by atoms with Crippen molar-refractivity contribution in [3.63, 3.8) is 0 Å². The second-order valence-electron chi connectivity index (χ2n) is 3.87. The van der Waals surface area contributed by atoms with Crippen molar-refractivity contribution in [2.24, 2.45) is 0 Å². The van der Waals surface area contributed by atoms with E-state index in [4.69, 9.17) is 16.3 Å². The molecular formula is C10H10ClNO5S. The fourth-order valence-electron chi connectivity index (χ4n) is 1.72. The lowest BCUT2D eigenvalue weighted by atomic mass is 10.3. The average molecular weight is 292 g/mol. The smallest absolute Gasteiger partial charge is 0.269 e. The largest absolute Gasteiger partial charge is 0.346 e. The third-order valence-corrected chi connectivity index (χ3v) is 5.62. The number of hydrogen-bond acceptors (Lipinski definition) is 5. The fraction of sp³-hybridized carbons (Fsp3) is 0.400. The molecular weight excluding hydrogens is 282 g/mol. The Morgan fingerprint density at radius 2 is 1.94 bits per heavy atom. The molecule has 1 aliphatic rings. The van der Waals surface area contributed by atoms with Crippen LogP contribution < -0.4 is 0 Å². The first kappa shape index (κ1) is 13.3. The summed E-state index contributed by atoms with van der Waals surface area (Å²) in [5.74, 6) is 0. The van der Waals surface area contributed by atoms with Gasteiger partial charge in [-0.3, -0.25) is 10.1 Å². The summed E-state index contributed by atoms with van der Waals surface area (Å²) < 4.78 is 27.8. The van der Waals surface area contributed by atoms with Gasteiger partial charge < -0.3 is 4.74 Å². The van der Waals surface area contributed by atoms with Crippen molar-refractivity contribution in [2.45, 2.75) is 22.1 Å². The van der Waals surface area contributed by atoms with Crippen molar-refractivity contribution < 1.29 is 18.1 Å². The Morgan fingerprint density at radius 1 is 1.33 bits per heavy atom. The lowest BCUT2D eigenvalue weighted by Crippen LogP contribution is -2.31. The van der Waals surface area contributed by atoms with Crippen LogP contribution in [0.4, 0.5) is 5.69 Å². The van der Waals surface area contributed by atoms with E-state index in [0.29, 0.717) is 6.42 Å². The molecule has 2 rings (SSSR count). The van der Waals surface area contributed by atoms with E-state index in [1.807, 2.05) is 0 Å². The van der Waals surface area contributed by atoms with Gasteiger partial charge >= 0.3 is 0 Å². The van der Waals surface area contributed by atoms with Gasteiger partial charge in [0.05, 0.1) is 16.4 Å². The van der Waals surface area contributed by atoms with Crippen molar-refractivity contribution in [1.29, 1.82) is 0 Å². The summed E-state index contributed by atoms with van der Waals surface area (Å²) in [6.07, 6.45) is 0.767. The molecule has 0 radical (unpaired) electrons. The number of nitro benzene ring substituents is 1. The Bertz CT molecular complexity index is 562. The minimum Gasteiger partial charge on any atom is -0.346 e. The first-order valence-corrected chi connectivity index (χ1v) is 7.05. The van der Waals surface area contributed by atoms with Gasteiger partial charge in [-0.2, -0.15) is 0 Å². The van der Waals surface area contributed by atoms with E-state index in [1.165, 1.54) is 12.1 Å². The summed E-state index contributed by atoms with van der Waals surface area (Å²) >= 11 is 5.96. The monoisotopic (exact) mass is 291 g/mol. The van der Waals surface area contributed by atoms with Crippen LogP contribution in [-0.4, -0.2) is 24.3 Å². The zero-order chi connectivity index (χ0) is 13.4. The maximum absolute atomic E-state index is 12.2. The molecule has 18 heavy (non-hydrogen) atoms. The summed E-state index contributed by atoms with van der Waals surface area (Å²) in [5.41, 5.74) is -0.176. The normalized spacial score (nSPS) is 24.1. The van der Waals surface area contributed by atoms with Gasteiger partial charge in [-0.15, -0.1) is 0 Å². The molecule has 8 heteroatoms. The zero-order valence-corrected chi connectivity index (χ0v) is 10.8. The van der Waals surface area contributed by atoms with E-state index in [-0.39, 0.29) is 23.6 Å². The van der Waals surface area contributed by atoms with Gasteiger partial charge in [0.2, 0.25) is 14.2 Å². The molecule has 0 amide bonds. The summed E-state index contributed by atoms with van der Waals surface area (Å²) in [5, 5.41) is 10.5. The Kier molecular flexibility index (Phi) is 3.31. The third-order valence-electron chi connectivity index (χ3n) is 2.70. The standard InChI is InChI=1S/C10H10ClNO5S/c11-10(6-1-7-17-10)18(15,16)9-4-2-8(3-5-9)12(13)14/h2-5H,1,6-7H2. The maximum Gasteiger partial charge on any atom is 0.269 e. The van der Waals surface area contributed by atoms with Crippen LogP contribution >= 0.6 is 11.6 Å². The van der Waals surface area contributed by atoms with Crippen LogP contribution in [0, 0.1) is 10.1 Å². The molecule has 0 spiro atoms. The van der Waals surface area contributed by atoms with Crippen LogP contribution in [-0.2, 0) is 14.6 Å². The third kappa shape index (κ3) is 2.09. The van der Waals surface area contributed by atoms with Crippen LogP contribution in [0.1, 0.15) is 12.8 Å². The van der Waals surface area contributed by atoms with E-state index >= 15 is 0 Å². The summed E-state index contributed by atoms with van der Waals surface area (Å²) in [4.78, 5) is 9.81. The maximum atomic E-state index is 12.2. The summed E-state index contributed by atoms with van der Waals surface area (Å²) in [7, 11) is -3.86. The molecule has 1 aliphatic heterocycles. The number of rotatable bonds is 3. The molecule has 0 bridgehead atoms. The molecule has 98 valence electrons. The van der Waals surface area contributed by atoms with Gasteiger partial charge in [0.1, 0.15) is 0 Å². The minimum absolute atomic E-state index is 0.0787. The highest BCUT2D eigenvalue weighted by atomic mass is 35.5. The Morgan fingerprint density at radius 3 is 2.39 bits per heavy atom. The number of alkyl halides is 1. The number of hydrogen-bond donors (Lipinski definition) is 0. The molecule has 1 aromatic rings. The average Bonchev–Trinajstić information content (AvgIpc) is 2.78. The molecule has 0 saturated carbocycles. The number of nitrogens with zero attached hydrogens (tertiary/aromatic N) is 1. The van der Waals surface area contributed by atoms with Gasteiger partial charge in [0.15, 0.2) is 0 Å². The predicted molar refractivity (Wildman–Crippen MR) is 64.1 cm³/mol. The quantitative estimate of drug-likeness (QED) is 0.483. The van der Waals surface area contributed by atoms with Crippen molar-refractivity contribution >= 4 is 27.1 Å². The van der Waals surface area contributed by atoms with Gasteiger partial charge in [0.25, 0.3) is 5.69 Å². The molecule has 1 unspecified atom stereocenters. The lowest BCUT2D eigenvalue weighted by molar-refractivity contribution is -0.384. The minimum atomic E-state index is -3.86. The highest BCUT2D eigenvalue weighted by molar-refractivity contribution is 7.94. The number of benzene rings is 1. The van der Waals surface area contributed by atoms with Crippen LogP contribution in [0.3, 0.4) is 0 Å². The van der Waals surface area contributed by atoms with Crippen LogP contribution in [0.5, 0.6) is 0 Å². The number of non-ortho nitro benzene ring substituents is 1. The van der Waals surface area contributed by atoms with Crippen molar-refractivity contribution in [1.82, 2.24) is 0 Å². The molecule has 1 saturated heterocycles. The SMILES string of the molecule is O=[N+]([O-])c1ccc(S(=O)(=O)C2(Cl)CCCO2)cc1. The van der Waals surface area contributed by atoms with Crippen molar-refractivity contribution in [3.8, 4) is 0 Å². The number of halogens is 1. The van der Waals surface area contributed by atoms with Crippen molar-refractivity contribution in [3.05, 3.63) is 34.4 Å². The Labute approximate surface area is 109 Å². The number of nitro groups is 1. The van der Waals surface area contributed by atoms with Gasteiger partial charge in [-0.1, -0.05) is 11.6 Å². The van der Waals surface area contributed by atoms with E-state index in [1.54, 1.807) is 0 Å². The summed E-state index contributed by atoms with van der Waals surface area (Å²) in [6, 6.07) is 4.59. The van der Waals surface area contributed by atoms with E-state index in [0.717, 1.165) is 12.1 Å². The highest BCUT2D eigenvalue weighted by Gasteiger charge is 2.47. The van der Waals surface area contributed by atoms with Gasteiger partial charge in [-0.05, 0) is 18.6 Å². The summed E-state index contributed by atoms with van der Waals surface area (Å²) in [6.45, 7) is 0.287. The first-order chi connectivity index (χ1) is 8.37. The Balaban J connectivity index is 2.39. The molecule has 1 heterocycles. The lowest BCUT2D eigenvalue weighted by Gasteiger charge is -2.20. The van der Waals surface area contributed by atoms with Crippen LogP contribution in [0.2, 0.25) is 0 Å². The number of ether oxygens (including phenoxy) is 1. The second-order valence-corrected chi connectivity index (χ2v) is 6.84. The molecule has 0 N–H and O–H groups in total. The zero-order valence-electron chi connectivity index (χ0n) is 9.21. The molecule has 1 aromatic carbocycles. The first-order valence-electron chi connectivity index (χ1n) is 5.19. The number of sulfone groups is 1. The van der Waals surface area contributed by atoms with E-state index in [9.17, 15) is 18.5 Å².